The zero-order valence-electron chi connectivity index (χ0n) is 13.2. The van der Waals surface area contributed by atoms with Crippen LogP contribution in [-0.4, -0.2) is 16.9 Å². The lowest BCUT2D eigenvalue weighted by molar-refractivity contribution is -0.131. The van der Waals surface area contributed by atoms with Crippen molar-refractivity contribution >= 4 is 34.0 Å². The number of hydrogen-bond acceptors (Lipinski definition) is 5. The van der Waals surface area contributed by atoms with Gasteiger partial charge in [-0.05, 0) is 31.6 Å². The van der Waals surface area contributed by atoms with E-state index in [0.29, 0.717) is 29.0 Å². The van der Waals surface area contributed by atoms with Crippen molar-refractivity contribution in [3.63, 3.8) is 0 Å². The normalized spacial score (nSPS) is 28.0. The zero-order chi connectivity index (χ0) is 16.6. The van der Waals surface area contributed by atoms with E-state index >= 15 is 0 Å². The average molecular weight is 353 g/mol. The monoisotopic (exact) mass is 352 g/mol. The van der Waals surface area contributed by atoms with E-state index in [2.05, 4.69) is 11.2 Å². The molecule has 0 aliphatic heterocycles. The molecule has 0 atom stereocenters. The predicted molar refractivity (Wildman–Crippen MR) is 91.4 cm³/mol. The molecule has 3 rings (SSSR count). The first-order chi connectivity index (χ1) is 10.9. The molecule has 0 aromatic carbocycles. The Morgan fingerprint density at radius 2 is 2.09 bits per heavy atom. The fourth-order valence-corrected chi connectivity index (χ4v) is 5.22. The smallest absolute Gasteiger partial charge is 0.223 e. The maximum atomic E-state index is 11.4. The van der Waals surface area contributed by atoms with Crippen molar-refractivity contribution in [1.82, 2.24) is 4.98 Å². The Labute approximate surface area is 145 Å². The standard InChI is InChI=1S/C16H21ClN4OS/c1-16(14(19)22)7-11(8-16)21(9-18)15-20-13(17)12(23-15)10-5-3-2-4-6-10/h10-11H,2-8H2,1H3,(H2,19,22). The molecule has 0 radical (unpaired) electrons. The number of amides is 1. The summed E-state index contributed by atoms with van der Waals surface area (Å²) >= 11 is 7.87. The number of carbonyl (C=O) groups excluding carboxylic acids is 1. The lowest BCUT2D eigenvalue weighted by Crippen LogP contribution is -2.54. The third kappa shape index (κ3) is 3.05. The van der Waals surface area contributed by atoms with E-state index in [1.807, 2.05) is 6.92 Å². The van der Waals surface area contributed by atoms with Gasteiger partial charge in [0.15, 0.2) is 6.19 Å². The van der Waals surface area contributed by atoms with E-state index in [0.717, 1.165) is 17.7 Å². The van der Waals surface area contributed by atoms with Gasteiger partial charge in [-0.1, -0.05) is 49.1 Å². The summed E-state index contributed by atoms with van der Waals surface area (Å²) in [7, 11) is 0. The third-order valence-electron chi connectivity index (χ3n) is 5.22. The summed E-state index contributed by atoms with van der Waals surface area (Å²) in [4.78, 5) is 18.6. The molecule has 0 unspecified atom stereocenters. The zero-order valence-corrected chi connectivity index (χ0v) is 14.8. The van der Waals surface area contributed by atoms with Crippen LogP contribution in [0.2, 0.25) is 5.15 Å². The molecule has 2 saturated carbocycles. The molecule has 0 saturated heterocycles. The predicted octanol–water partition coefficient (Wildman–Crippen LogP) is 3.79. The third-order valence-corrected chi connectivity index (χ3v) is 6.84. The number of hydrogen-bond donors (Lipinski definition) is 1. The van der Waals surface area contributed by atoms with Gasteiger partial charge in [0.05, 0.1) is 5.41 Å². The number of anilines is 1. The molecule has 23 heavy (non-hydrogen) atoms. The van der Waals surface area contributed by atoms with Crippen molar-refractivity contribution in [2.45, 2.75) is 63.8 Å². The van der Waals surface area contributed by atoms with Gasteiger partial charge in [0.25, 0.3) is 0 Å². The van der Waals surface area contributed by atoms with Crippen LogP contribution in [0.15, 0.2) is 0 Å². The first kappa shape index (κ1) is 16.5. The van der Waals surface area contributed by atoms with Crippen molar-refractivity contribution in [2.24, 2.45) is 11.1 Å². The van der Waals surface area contributed by atoms with E-state index in [-0.39, 0.29) is 11.9 Å². The van der Waals surface area contributed by atoms with Crippen LogP contribution >= 0.6 is 22.9 Å². The van der Waals surface area contributed by atoms with Gasteiger partial charge < -0.3 is 5.73 Å². The summed E-state index contributed by atoms with van der Waals surface area (Å²) in [6, 6.07) is -0.0149. The first-order valence-electron chi connectivity index (χ1n) is 8.10. The highest BCUT2D eigenvalue weighted by Crippen LogP contribution is 2.47. The van der Waals surface area contributed by atoms with Crippen LogP contribution < -0.4 is 10.6 Å². The number of rotatable bonds is 4. The number of nitriles is 1. The molecular formula is C16H21ClN4OS. The van der Waals surface area contributed by atoms with Crippen LogP contribution in [0.1, 0.15) is 62.7 Å². The summed E-state index contributed by atoms with van der Waals surface area (Å²) < 4.78 is 0. The Bertz CT molecular complexity index is 641. The minimum absolute atomic E-state index is 0.0149. The second-order valence-electron chi connectivity index (χ2n) is 6.94. The molecule has 124 valence electrons. The molecule has 1 amide bonds. The Morgan fingerprint density at radius 1 is 1.43 bits per heavy atom. The van der Waals surface area contributed by atoms with Gasteiger partial charge in [-0.2, -0.15) is 5.26 Å². The molecular weight excluding hydrogens is 332 g/mol. The van der Waals surface area contributed by atoms with Crippen molar-refractivity contribution in [3.05, 3.63) is 10.0 Å². The molecule has 2 N–H and O–H groups in total. The first-order valence-corrected chi connectivity index (χ1v) is 9.29. The van der Waals surface area contributed by atoms with Gasteiger partial charge in [-0.15, -0.1) is 0 Å². The molecule has 5 nitrogen and oxygen atoms in total. The van der Waals surface area contributed by atoms with Gasteiger partial charge >= 0.3 is 0 Å². The quantitative estimate of drug-likeness (QED) is 0.660. The summed E-state index contributed by atoms with van der Waals surface area (Å²) in [6.45, 7) is 1.85. The van der Waals surface area contributed by atoms with Crippen molar-refractivity contribution in [2.75, 3.05) is 4.90 Å². The molecule has 1 aromatic rings. The number of nitrogens with zero attached hydrogens (tertiary/aromatic N) is 3. The van der Waals surface area contributed by atoms with Gasteiger partial charge in [-0.3, -0.25) is 9.69 Å². The van der Waals surface area contributed by atoms with Crippen LogP contribution in [-0.2, 0) is 4.79 Å². The molecule has 0 spiro atoms. The van der Waals surface area contributed by atoms with E-state index in [1.165, 1.54) is 30.6 Å². The largest absolute Gasteiger partial charge is 0.369 e. The maximum Gasteiger partial charge on any atom is 0.223 e. The summed E-state index contributed by atoms with van der Waals surface area (Å²) in [5.41, 5.74) is 4.92. The maximum absolute atomic E-state index is 11.4. The van der Waals surface area contributed by atoms with E-state index in [4.69, 9.17) is 17.3 Å². The Morgan fingerprint density at radius 3 is 2.65 bits per heavy atom. The van der Waals surface area contributed by atoms with Crippen LogP contribution in [0.25, 0.3) is 0 Å². The number of aromatic nitrogens is 1. The second-order valence-corrected chi connectivity index (χ2v) is 8.31. The minimum atomic E-state index is -0.507. The van der Waals surface area contributed by atoms with E-state index < -0.39 is 5.41 Å². The topological polar surface area (TPSA) is 83.0 Å². The molecule has 1 aromatic heterocycles. The number of nitrogens with two attached hydrogens (primary N) is 1. The fraction of sp³-hybridized carbons (Fsp3) is 0.688. The minimum Gasteiger partial charge on any atom is -0.369 e. The van der Waals surface area contributed by atoms with Gasteiger partial charge in [0, 0.05) is 10.9 Å². The van der Waals surface area contributed by atoms with Crippen molar-refractivity contribution in [1.29, 1.82) is 5.26 Å². The highest BCUT2D eigenvalue weighted by atomic mass is 35.5. The second kappa shape index (κ2) is 6.29. The number of primary amides is 1. The number of thiazole rings is 1. The van der Waals surface area contributed by atoms with E-state index in [9.17, 15) is 10.1 Å². The molecule has 1 heterocycles. The van der Waals surface area contributed by atoms with Crippen LogP contribution in [0.4, 0.5) is 5.13 Å². The van der Waals surface area contributed by atoms with E-state index in [1.54, 1.807) is 4.90 Å². The lowest BCUT2D eigenvalue weighted by atomic mass is 9.66. The van der Waals surface area contributed by atoms with Gasteiger partial charge in [0.1, 0.15) is 5.15 Å². The molecule has 2 aliphatic carbocycles. The SMILES string of the molecule is CC1(C(N)=O)CC(N(C#N)c2nc(Cl)c(C3CCCCC3)s2)C1. The van der Waals surface area contributed by atoms with Gasteiger partial charge in [-0.25, -0.2) is 4.98 Å². The van der Waals surface area contributed by atoms with Crippen LogP contribution in [0.3, 0.4) is 0 Å². The Hall–Kier alpha value is -1.32. The number of carbonyl (C=O) groups is 1. The summed E-state index contributed by atoms with van der Waals surface area (Å²) in [5, 5.41) is 10.7. The van der Waals surface area contributed by atoms with Crippen LogP contribution in [0, 0.1) is 16.9 Å². The molecule has 2 fully saturated rings. The Balaban J connectivity index is 1.76. The highest BCUT2D eigenvalue weighted by Gasteiger charge is 2.48. The van der Waals surface area contributed by atoms with Crippen LogP contribution in [0.5, 0.6) is 0 Å². The molecule has 2 aliphatic rings. The fourth-order valence-electron chi connectivity index (χ4n) is 3.67. The highest BCUT2D eigenvalue weighted by molar-refractivity contribution is 7.16. The lowest BCUT2D eigenvalue weighted by Gasteiger charge is -2.45. The van der Waals surface area contributed by atoms with Crippen molar-refractivity contribution < 1.29 is 4.79 Å². The Kier molecular flexibility index (Phi) is 4.52. The summed E-state index contributed by atoms with van der Waals surface area (Å²) in [6.07, 6.45) is 9.44. The molecule has 0 bridgehead atoms. The number of halogens is 1. The average Bonchev–Trinajstić information content (AvgIpc) is 2.88. The van der Waals surface area contributed by atoms with Crippen molar-refractivity contribution in [3.8, 4) is 6.19 Å². The van der Waals surface area contributed by atoms with Gasteiger partial charge in [0.2, 0.25) is 11.0 Å². The molecule has 7 heteroatoms. The summed E-state index contributed by atoms with van der Waals surface area (Å²) in [5.74, 6) is 0.173.